The molecule has 3 heterocycles. The van der Waals surface area contributed by atoms with Gasteiger partial charge in [-0.25, -0.2) is 19.4 Å². The molecule has 0 atom stereocenters. The van der Waals surface area contributed by atoms with E-state index in [0.29, 0.717) is 17.0 Å². The third kappa shape index (κ3) is 1.67. The minimum absolute atomic E-state index is 0.0314. The standard InChI is InChI=1S/C11H7N5O2/c17-11(18)8-3-6-16(15-8)9-2-1-7-10(14-9)13-5-4-12-7/h1-6H,(H,17,18). The normalized spacial score (nSPS) is 10.7. The quantitative estimate of drug-likeness (QED) is 0.716. The first-order valence-electron chi connectivity index (χ1n) is 5.11. The summed E-state index contributed by atoms with van der Waals surface area (Å²) in [6, 6.07) is 4.87. The number of hydrogen-bond donors (Lipinski definition) is 1. The Morgan fingerprint density at radius 3 is 2.78 bits per heavy atom. The first kappa shape index (κ1) is 10.3. The number of hydrogen-bond acceptors (Lipinski definition) is 5. The first-order valence-corrected chi connectivity index (χ1v) is 5.11. The van der Waals surface area contributed by atoms with Gasteiger partial charge in [0.2, 0.25) is 0 Å². The Balaban J connectivity index is 2.10. The summed E-state index contributed by atoms with van der Waals surface area (Å²) in [6.45, 7) is 0. The van der Waals surface area contributed by atoms with Crippen molar-refractivity contribution in [3.63, 3.8) is 0 Å². The summed E-state index contributed by atoms with van der Waals surface area (Å²) in [7, 11) is 0. The Labute approximate surface area is 101 Å². The molecule has 0 fully saturated rings. The highest BCUT2D eigenvalue weighted by atomic mass is 16.4. The number of rotatable bonds is 2. The number of pyridine rings is 1. The Morgan fingerprint density at radius 1 is 1.17 bits per heavy atom. The van der Waals surface area contributed by atoms with Gasteiger partial charge in [-0.2, -0.15) is 5.10 Å². The number of fused-ring (bicyclic) bond motifs is 1. The lowest BCUT2D eigenvalue weighted by atomic mass is 10.4. The average molecular weight is 241 g/mol. The number of carbonyl (C=O) groups is 1. The molecule has 3 aromatic heterocycles. The summed E-state index contributed by atoms with van der Waals surface area (Å²) in [5, 5.41) is 12.7. The van der Waals surface area contributed by atoms with E-state index in [9.17, 15) is 4.79 Å². The third-order valence-electron chi connectivity index (χ3n) is 2.36. The van der Waals surface area contributed by atoms with Crippen LogP contribution in [0.3, 0.4) is 0 Å². The highest BCUT2D eigenvalue weighted by Crippen LogP contribution is 2.10. The largest absolute Gasteiger partial charge is 0.476 e. The van der Waals surface area contributed by atoms with Crippen molar-refractivity contribution in [2.45, 2.75) is 0 Å². The van der Waals surface area contributed by atoms with Gasteiger partial charge in [-0.1, -0.05) is 0 Å². The zero-order valence-electron chi connectivity index (χ0n) is 9.06. The van der Waals surface area contributed by atoms with Crippen molar-refractivity contribution < 1.29 is 9.90 Å². The first-order chi connectivity index (χ1) is 8.74. The summed E-state index contributed by atoms with van der Waals surface area (Å²) in [5.41, 5.74) is 1.13. The molecule has 0 unspecified atom stereocenters. The summed E-state index contributed by atoms with van der Waals surface area (Å²) >= 11 is 0. The van der Waals surface area contributed by atoms with Crippen LogP contribution in [0.25, 0.3) is 17.0 Å². The number of aromatic carboxylic acids is 1. The highest BCUT2D eigenvalue weighted by molar-refractivity contribution is 5.85. The van der Waals surface area contributed by atoms with Gasteiger partial charge in [0, 0.05) is 18.6 Å². The van der Waals surface area contributed by atoms with Crippen LogP contribution < -0.4 is 0 Å². The lowest BCUT2D eigenvalue weighted by Gasteiger charge is -2.00. The summed E-state index contributed by atoms with van der Waals surface area (Å²) in [6.07, 6.45) is 4.67. The molecule has 0 aliphatic heterocycles. The molecule has 7 heteroatoms. The van der Waals surface area contributed by atoms with E-state index in [1.807, 2.05) is 0 Å². The molecule has 1 N–H and O–H groups in total. The molecule has 0 aliphatic carbocycles. The molecule has 7 nitrogen and oxygen atoms in total. The molecule has 0 amide bonds. The fraction of sp³-hybridized carbons (Fsp3) is 0. The predicted octanol–water partition coefficient (Wildman–Crippen LogP) is 0.909. The molecular weight excluding hydrogens is 234 g/mol. The minimum atomic E-state index is -1.07. The van der Waals surface area contributed by atoms with E-state index in [1.165, 1.54) is 16.9 Å². The van der Waals surface area contributed by atoms with Crippen molar-refractivity contribution in [2.24, 2.45) is 0 Å². The van der Waals surface area contributed by atoms with E-state index in [-0.39, 0.29) is 5.69 Å². The predicted molar refractivity (Wildman–Crippen MR) is 61.4 cm³/mol. The maximum atomic E-state index is 10.7. The van der Waals surface area contributed by atoms with Crippen LogP contribution in [0, 0.1) is 0 Å². The van der Waals surface area contributed by atoms with Crippen LogP contribution in [0.1, 0.15) is 10.5 Å². The monoisotopic (exact) mass is 241 g/mol. The van der Waals surface area contributed by atoms with E-state index >= 15 is 0 Å². The molecule has 3 aromatic rings. The van der Waals surface area contributed by atoms with Crippen molar-refractivity contribution in [2.75, 3.05) is 0 Å². The number of carboxylic acid groups (broad SMARTS) is 1. The molecule has 0 radical (unpaired) electrons. The van der Waals surface area contributed by atoms with Gasteiger partial charge in [-0.05, 0) is 18.2 Å². The van der Waals surface area contributed by atoms with Crippen LogP contribution in [0.4, 0.5) is 0 Å². The maximum Gasteiger partial charge on any atom is 0.356 e. The topological polar surface area (TPSA) is 93.8 Å². The van der Waals surface area contributed by atoms with Gasteiger partial charge < -0.3 is 5.11 Å². The molecule has 0 aliphatic rings. The van der Waals surface area contributed by atoms with Gasteiger partial charge in [0.05, 0.1) is 0 Å². The Hall–Kier alpha value is -2.83. The van der Waals surface area contributed by atoms with Gasteiger partial charge in [0.1, 0.15) is 5.52 Å². The fourth-order valence-corrected chi connectivity index (χ4v) is 1.54. The van der Waals surface area contributed by atoms with Crippen LogP contribution in [0.15, 0.2) is 36.8 Å². The van der Waals surface area contributed by atoms with Gasteiger partial charge in [0.25, 0.3) is 0 Å². The Kier molecular flexibility index (Phi) is 2.23. The molecule has 0 bridgehead atoms. The van der Waals surface area contributed by atoms with Crippen LogP contribution in [-0.2, 0) is 0 Å². The minimum Gasteiger partial charge on any atom is -0.476 e. The SMILES string of the molecule is O=C(O)c1ccn(-c2ccc3nccnc3n2)n1. The number of carboxylic acids is 1. The van der Waals surface area contributed by atoms with E-state index in [2.05, 4.69) is 20.1 Å². The second-order valence-electron chi connectivity index (χ2n) is 3.52. The fourth-order valence-electron chi connectivity index (χ4n) is 1.54. The molecule has 0 saturated carbocycles. The van der Waals surface area contributed by atoms with Crippen molar-refractivity contribution >= 4 is 17.1 Å². The molecule has 0 saturated heterocycles. The lowest BCUT2D eigenvalue weighted by Crippen LogP contribution is -2.03. The second kappa shape index (κ2) is 3.88. The van der Waals surface area contributed by atoms with Gasteiger partial charge in [-0.3, -0.25) is 4.98 Å². The van der Waals surface area contributed by atoms with Gasteiger partial charge >= 0.3 is 5.97 Å². The van der Waals surface area contributed by atoms with E-state index in [4.69, 9.17) is 5.11 Å². The maximum absolute atomic E-state index is 10.7. The van der Waals surface area contributed by atoms with Crippen LogP contribution in [0.5, 0.6) is 0 Å². The van der Waals surface area contributed by atoms with E-state index in [1.54, 1.807) is 24.5 Å². The summed E-state index contributed by atoms with van der Waals surface area (Å²) in [5.74, 6) is -0.579. The van der Waals surface area contributed by atoms with Gasteiger partial charge in [-0.15, -0.1) is 0 Å². The molecule has 18 heavy (non-hydrogen) atoms. The van der Waals surface area contributed by atoms with Crippen molar-refractivity contribution in [3.8, 4) is 5.82 Å². The number of aromatic nitrogens is 5. The van der Waals surface area contributed by atoms with Gasteiger partial charge in [0.15, 0.2) is 17.2 Å². The zero-order chi connectivity index (χ0) is 12.5. The van der Waals surface area contributed by atoms with Crippen LogP contribution in [0.2, 0.25) is 0 Å². The molecule has 0 aromatic carbocycles. The van der Waals surface area contributed by atoms with Crippen LogP contribution >= 0.6 is 0 Å². The molecule has 0 spiro atoms. The smallest absolute Gasteiger partial charge is 0.356 e. The summed E-state index contributed by atoms with van der Waals surface area (Å²) in [4.78, 5) is 23.2. The van der Waals surface area contributed by atoms with E-state index < -0.39 is 5.97 Å². The molecule has 3 rings (SSSR count). The molecular formula is C11H7N5O2. The van der Waals surface area contributed by atoms with Crippen LogP contribution in [-0.4, -0.2) is 35.8 Å². The van der Waals surface area contributed by atoms with Crippen molar-refractivity contribution in [1.82, 2.24) is 24.7 Å². The molecule has 88 valence electrons. The van der Waals surface area contributed by atoms with Crippen molar-refractivity contribution in [3.05, 3.63) is 42.5 Å². The zero-order valence-corrected chi connectivity index (χ0v) is 9.06. The highest BCUT2D eigenvalue weighted by Gasteiger charge is 2.09. The number of nitrogens with zero attached hydrogens (tertiary/aromatic N) is 5. The second-order valence-corrected chi connectivity index (χ2v) is 3.52. The summed E-state index contributed by atoms with van der Waals surface area (Å²) < 4.78 is 1.39. The Morgan fingerprint density at radius 2 is 2.00 bits per heavy atom. The Bertz CT molecular complexity index is 737. The lowest BCUT2D eigenvalue weighted by molar-refractivity contribution is 0.0690. The average Bonchev–Trinajstić information content (AvgIpc) is 2.88. The van der Waals surface area contributed by atoms with Crippen molar-refractivity contribution in [1.29, 1.82) is 0 Å². The third-order valence-corrected chi connectivity index (χ3v) is 2.36. The van der Waals surface area contributed by atoms with E-state index in [0.717, 1.165) is 0 Å².